The van der Waals surface area contributed by atoms with Crippen LogP contribution in [0.5, 0.6) is 0 Å². The van der Waals surface area contributed by atoms with E-state index in [2.05, 4.69) is 22.5 Å². The highest BCUT2D eigenvalue weighted by Crippen LogP contribution is 2.21. The maximum atomic E-state index is 12.7. The summed E-state index contributed by atoms with van der Waals surface area (Å²) in [6, 6.07) is -0.796. The van der Waals surface area contributed by atoms with Crippen LogP contribution in [0.4, 0.5) is 0 Å². The van der Waals surface area contributed by atoms with Gasteiger partial charge in [0.1, 0.15) is 12.1 Å². The van der Waals surface area contributed by atoms with Crippen LogP contribution in [0, 0.1) is 23.2 Å². The molecule has 0 bridgehead atoms. The number of aliphatic hydroxyl groups excluding tert-OH is 1. The van der Waals surface area contributed by atoms with Crippen molar-refractivity contribution in [1.29, 1.82) is 0 Å². The summed E-state index contributed by atoms with van der Waals surface area (Å²) in [5.41, 5.74) is -0.546. The van der Waals surface area contributed by atoms with Gasteiger partial charge in [0.05, 0.1) is 13.2 Å². The number of rotatable bonds is 11. The molecule has 0 aliphatic carbocycles. The molecule has 0 aromatic heterocycles. The van der Waals surface area contributed by atoms with Crippen molar-refractivity contribution in [2.45, 2.75) is 72.1 Å². The third-order valence-corrected chi connectivity index (χ3v) is 5.68. The monoisotopic (exact) mass is 546 g/mol. The molecule has 0 aromatic rings. The number of aliphatic hydroxyl groups is 1. The van der Waals surface area contributed by atoms with E-state index in [4.69, 9.17) is 21.1 Å². The molecule has 0 aromatic carbocycles. The average Bonchev–Trinajstić information content (AvgIpc) is 2.84. The number of esters is 1. The third-order valence-electron chi connectivity index (χ3n) is 5.52. The Labute approximate surface area is 230 Å². The fraction of sp³-hybridized carbons (Fsp3) is 0.483. The van der Waals surface area contributed by atoms with Crippen LogP contribution in [0.25, 0.3) is 0 Å². The van der Waals surface area contributed by atoms with Crippen LogP contribution in [0.1, 0.15) is 53.9 Å². The molecule has 9 heteroatoms. The van der Waals surface area contributed by atoms with Gasteiger partial charge in [-0.2, -0.15) is 0 Å². The Balaban J connectivity index is 2.59. The van der Waals surface area contributed by atoms with Crippen molar-refractivity contribution in [3.63, 3.8) is 0 Å². The van der Waals surface area contributed by atoms with Gasteiger partial charge >= 0.3 is 5.97 Å². The Bertz CT molecular complexity index is 1040. The number of hydrogen-bond donors (Lipinski definition) is 3. The number of carbonyl (C=O) groups is 3. The summed E-state index contributed by atoms with van der Waals surface area (Å²) in [4.78, 5) is 36.8. The zero-order valence-electron chi connectivity index (χ0n) is 22.9. The second-order valence-corrected chi connectivity index (χ2v) is 10.5. The summed E-state index contributed by atoms with van der Waals surface area (Å²) in [7, 11) is 1.43. The van der Waals surface area contributed by atoms with Gasteiger partial charge < -0.3 is 25.2 Å². The molecule has 1 aliphatic rings. The van der Waals surface area contributed by atoms with Crippen LogP contribution in [0.3, 0.4) is 0 Å². The number of cyclic esters (lactones) is 1. The first-order chi connectivity index (χ1) is 17.8. The van der Waals surface area contributed by atoms with Gasteiger partial charge in [-0.25, -0.2) is 4.79 Å². The van der Waals surface area contributed by atoms with Gasteiger partial charge in [0.15, 0.2) is 5.76 Å². The molecule has 0 fully saturated rings. The minimum atomic E-state index is -0.796. The molecule has 0 saturated heterocycles. The van der Waals surface area contributed by atoms with E-state index in [0.717, 1.165) is 0 Å². The highest BCUT2D eigenvalue weighted by molar-refractivity contribution is 6.29. The Morgan fingerprint density at radius 3 is 2.58 bits per heavy atom. The average molecular weight is 547 g/mol. The molecule has 38 heavy (non-hydrogen) atoms. The number of carbonyl (C=O) groups excluding carboxylic acids is 3. The highest BCUT2D eigenvalue weighted by Gasteiger charge is 2.32. The molecular formula is C29H39ClN2O6. The van der Waals surface area contributed by atoms with Crippen molar-refractivity contribution >= 4 is 29.4 Å². The lowest BCUT2D eigenvalue weighted by atomic mass is 9.86. The summed E-state index contributed by atoms with van der Waals surface area (Å²) < 4.78 is 10.3. The summed E-state index contributed by atoms with van der Waals surface area (Å²) in [6.45, 7) is 9.19. The summed E-state index contributed by atoms with van der Waals surface area (Å²) in [6.07, 6.45) is 13.1. The lowest BCUT2D eigenvalue weighted by molar-refractivity contribution is -0.151. The van der Waals surface area contributed by atoms with Crippen molar-refractivity contribution in [2.24, 2.45) is 11.3 Å². The minimum Gasteiger partial charge on any atom is -0.490 e. The van der Waals surface area contributed by atoms with Crippen molar-refractivity contribution in [3.8, 4) is 11.8 Å². The first-order valence-corrected chi connectivity index (χ1v) is 12.8. The number of methoxy groups -OCH3 is 1. The van der Waals surface area contributed by atoms with Crippen LogP contribution in [0.15, 0.2) is 59.5 Å². The molecule has 208 valence electrons. The predicted molar refractivity (Wildman–Crippen MR) is 148 cm³/mol. The number of allylic oxidation sites excluding steroid dienone is 3. The van der Waals surface area contributed by atoms with Crippen LogP contribution in [0.2, 0.25) is 0 Å². The first-order valence-electron chi connectivity index (χ1n) is 12.4. The van der Waals surface area contributed by atoms with Gasteiger partial charge in [-0.15, -0.1) is 0 Å². The molecule has 8 nitrogen and oxygen atoms in total. The molecule has 1 rings (SSSR count). The predicted octanol–water partition coefficient (Wildman–Crippen LogP) is 4.03. The zero-order valence-corrected chi connectivity index (χ0v) is 23.7. The van der Waals surface area contributed by atoms with Crippen molar-refractivity contribution in [3.05, 3.63) is 59.5 Å². The molecule has 0 unspecified atom stereocenters. The number of amides is 2. The van der Waals surface area contributed by atoms with Crippen LogP contribution >= 0.6 is 11.6 Å². The van der Waals surface area contributed by atoms with Gasteiger partial charge in [0, 0.05) is 23.4 Å². The maximum Gasteiger partial charge on any atom is 0.373 e. The summed E-state index contributed by atoms with van der Waals surface area (Å²) in [5.74, 6) is 4.41. The van der Waals surface area contributed by atoms with Gasteiger partial charge in [0.25, 0.3) is 0 Å². The van der Waals surface area contributed by atoms with E-state index in [1.807, 2.05) is 33.8 Å². The second kappa shape index (κ2) is 16.5. The fourth-order valence-electron chi connectivity index (χ4n) is 3.29. The fourth-order valence-corrected chi connectivity index (χ4v) is 3.38. The number of halogens is 1. The Morgan fingerprint density at radius 1 is 1.29 bits per heavy atom. The van der Waals surface area contributed by atoms with Crippen LogP contribution in [-0.2, 0) is 23.9 Å². The smallest absolute Gasteiger partial charge is 0.373 e. The summed E-state index contributed by atoms with van der Waals surface area (Å²) >= 11 is 5.75. The standard InChI is InChI=1S/C29H39ClN2O6/c1-20(23-17-18-24(37-6)28(36)38-23)12-9-7-8-10-14-25(34)32-26(29(3,4)5)27(35)31-19-11-13-22(33)16-15-21(2)30/h9-12,14-15,18-20,22-23,26,33H,13,16-17H2,1-6H3,(H,31,35)(H,32,34)/b12-9-,14-10+,19-11-,21-15+/t20-,22+,23-,26+/m0/s1. The van der Waals surface area contributed by atoms with Crippen LogP contribution in [-0.4, -0.2) is 48.2 Å². The van der Waals surface area contributed by atoms with Crippen molar-refractivity contribution in [1.82, 2.24) is 10.6 Å². The topological polar surface area (TPSA) is 114 Å². The van der Waals surface area contributed by atoms with E-state index in [9.17, 15) is 19.5 Å². The normalized spacial score (nSPS) is 18.8. The minimum absolute atomic E-state index is 0.0507. The largest absolute Gasteiger partial charge is 0.490 e. The number of ether oxygens (including phenoxy) is 2. The third kappa shape index (κ3) is 12.8. The molecule has 2 amide bonds. The zero-order chi connectivity index (χ0) is 28.7. The Kier molecular flexibility index (Phi) is 14.3. The van der Waals surface area contributed by atoms with Crippen molar-refractivity contribution < 1.29 is 29.0 Å². The molecule has 1 heterocycles. The number of hydrogen-bond acceptors (Lipinski definition) is 6. The van der Waals surface area contributed by atoms with Crippen molar-refractivity contribution in [2.75, 3.05) is 7.11 Å². The van der Waals surface area contributed by atoms with Gasteiger partial charge in [0.2, 0.25) is 11.8 Å². The van der Waals surface area contributed by atoms with Gasteiger partial charge in [-0.1, -0.05) is 69.4 Å². The number of nitrogens with one attached hydrogen (secondary N) is 2. The molecule has 0 spiro atoms. The lowest BCUT2D eigenvalue weighted by Gasteiger charge is -2.29. The van der Waals surface area contributed by atoms with E-state index in [1.54, 1.807) is 31.2 Å². The Hall–Kier alpha value is -3.28. The van der Waals surface area contributed by atoms with Gasteiger partial charge in [-0.05, 0) is 49.6 Å². The second-order valence-electron chi connectivity index (χ2n) is 9.93. The molecule has 4 atom stereocenters. The Morgan fingerprint density at radius 2 is 1.97 bits per heavy atom. The quantitative estimate of drug-likeness (QED) is 0.205. The first kappa shape index (κ1) is 32.7. The SMILES string of the molecule is COC1=CC[C@@H]([C@@H](C)/C=C\C#C/C=C/C(=O)N[C@H](C(=O)N/C=C\C[C@@H](O)C/C=C(\C)Cl)C(C)(C)C)OC1=O. The van der Waals surface area contributed by atoms with Gasteiger partial charge in [-0.3, -0.25) is 9.59 Å². The summed E-state index contributed by atoms with van der Waals surface area (Å²) in [5, 5.41) is 15.9. The van der Waals surface area contributed by atoms with E-state index < -0.39 is 29.4 Å². The molecule has 3 N–H and O–H groups in total. The molecule has 0 saturated carbocycles. The highest BCUT2D eigenvalue weighted by atomic mass is 35.5. The van der Waals surface area contributed by atoms with Crippen LogP contribution < -0.4 is 10.6 Å². The van der Waals surface area contributed by atoms with E-state index in [0.29, 0.717) is 24.3 Å². The molecule has 0 radical (unpaired) electrons. The lowest BCUT2D eigenvalue weighted by Crippen LogP contribution is -2.52. The van der Waals surface area contributed by atoms with E-state index in [-0.39, 0.29) is 23.7 Å². The maximum absolute atomic E-state index is 12.7. The van der Waals surface area contributed by atoms with E-state index >= 15 is 0 Å². The molecular weight excluding hydrogens is 508 g/mol. The van der Waals surface area contributed by atoms with E-state index in [1.165, 1.54) is 25.5 Å². The molecule has 1 aliphatic heterocycles.